The Morgan fingerprint density at radius 2 is 1.88 bits per heavy atom. The maximum Gasteiger partial charge on any atom is 0.324 e. The predicted octanol–water partition coefficient (Wildman–Crippen LogP) is 2.83. The van der Waals surface area contributed by atoms with E-state index in [1.165, 1.54) is 6.42 Å². The second kappa shape index (κ2) is 11.7. The van der Waals surface area contributed by atoms with E-state index in [-0.39, 0.29) is 0 Å². The summed E-state index contributed by atoms with van der Waals surface area (Å²) >= 11 is 0. The maximum absolute atomic E-state index is 12.6. The van der Waals surface area contributed by atoms with Crippen molar-refractivity contribution in [3.05, 3.63) is 30.3 Å². The molecule has 2 fully saturated rings. The molecule has 4 rings (SSSR count). The van der Waals surface area contributed by atoms with E-state index in [9.17, 15) is 4.79 Å². The van der Waals surface area contributed by atoms with E-state index in [4.69, 9.17) is 14.2 Å². The van der Waals surface area contributed by atoms with Gasteiger partial charge in [-0.2, -0.15) is 9.97 Å². The van der Waals surface area contributed by atoms with Gasteiger partial charge in [0.15, 0.2) is 0 Å². The highest BCUT2D eigenvalue weighted by atomic mass is 16.5. The molecule has 10 nitrogen and oxygen atoms in total. The van der Waals surface area contributed by atoms with Gasteiger partial charge in [-0.25, -0.2) is 4.79 Å². The maximum atomic E-state index is 12.6. The summed E-state index contributed by atoms with van der Waals surface area (Å²) in [5.74, 6) is 2.09. The molecule has 0 saturated carbocycles. The van der Waals surface area contributed by atoms with Crippen LogP contribution in [-0.4, -0.2) is 80.6 Å². The van der Waals surface area contributed by atoms with E-state index in [1.54, 1.807) is 25.3 Å². The summed E-state index contributed by atoms with van der Waals surface area (Å²) in [6, 6.07) is 8.44. The summed E-state index contributed by atoms with van der Waals surface area (Å²) in [5.41, 5.74) is 0.624. The molecule has 2 aliphatic rings. The number of benzene rings is 1. The number of carbonyl (C=O) groups excluding carboxylic acids is 1. The van der Waals surface area contributed by atoms with Crippen LogP contribution in [0.25, 0.3) is 0 Å². The van der Waals surface area contributed by atoms with E-state index in [2.05, 4.69) is 30.4 Å². The molecular formula is C23H32N6O4. The summed E-state index contributed by atoms with van der Waals surface area (Å²) in [5, 5.41) is 5.62. The molecule has 10 heteroatoms. The molecule has 2 aliphatic heterocycles. The average molecular weight is 457 g/mol. The van der Waals surface area contributed by atoms with Gasteiger partial charge >= 0.3 is 6.03 Å². The third kappa shape index (κ3) is 6.93. The number of anilines is 3. The van der Waals surface area contributed by atoms with E-state index in [0.29, 0.717) is 35.7 Å². The minimum absolute atomic E-state index is 0.396. The number of carbonyl (C=O) groups is 1. The van der Waals surface area contributed by atoms with Crippen molar-refractivity contribution in [2.45, 2.75) is 19.3 Å². The molecular weight excluding hydrogens is 424 g/mol. The highest BCUT2D eigenvalue weighted by Gasteiger charge is 2.17. The number of morpholine rings is 1. The first kappa shape index (κ1) is 23.1. The zero-order valence-corrected chi connectivity index (χ0v) is 19.1. The molecule has 1 aromatic carbocycles. The summed E-state index contributed by atoms with van der Waals surface area (Å²) in [4.78, 5) is 26.2. The van der Waals surface area contributed by atoms with Crippen LogP contribution in [0.3, 0.4) is 0 Å². The van der Waals surface area contributed by atoms with Crippen molar-refractivity contribution in [1.82, 2.24) is 14.9 Å². The van der Waals surface area contributed by atoms with Crippen LogP contribution in [0.5, 0.6) is 11.6 Å². The Kier molecular flexibility index (Phi) is 8.15. The SMILES string of the molecule is COc1cccc(NC(=O)Nc2cc(OCCN3CCOCC3)nc(N3CCCCC3)n2)c1. The number of amides is 2. The van der Waals surface area contributed by atoms with Gasteiger partial charge in [-0.05, 0) is 31.4 Å². The molecule has 0 atom stereocenters. The quantitative estimate of drug-likeness (QED) is 0.625. The van der Waals surface area contributed by atoms with Crippen molar-refractivity contribution >= 4 is 23.5 Å². The van der Waals surface area contributed by atoms with Crippen molar-refractivity contribution in [3.8, 4) is 11.6 Å². The van der Waals surface area contributed by atoms with E-state index in [0.717, 1.165) is 58.8 Å². The van der Waals surface area contributed by atoms with Gasteiger partial charge in [-0.1, -0.05) is 6.07 Å². The molecule has 2 aromatic rings. The highest BCUT2D eigenvalue weighted by molar-refractivity contribution is 5.99. The lowest BCUT2D eigenvalue weighted by Gasteiger charge is -2.27. The van der Waals surface area contributed by atoms with Gasteiger partial charge in [0, 0.05) is 50.5 Å². The van der Waals surface area contributed by atoms with Crippen molar-refractivity contribution in [1.29, 1.82) is 0 Å². The number of nitrogens with zero attached hydrogens (tertiary/aromatic N) is 4. The summed E-state index contributed by atoms with van der Waals surface area (Å²) in [6.07, 6.45) is 3.41. The third-order valence-corrected chi connectivity index (χ3v) is 5.66. The number of methoxy groups -OCH3 is 1. The molecule has 0 aliphatic carbocycles. The Hall–Kier alpha value is -3.11. The van der Waals surface area contributed by atoms with Crippen LogP contribution in [0.4, 0.5) is 22.2 Å². The lowest BCUT2D eigenvalue weighted by Crippen LogP contribution is -2.38. The molecule has 2 amide bonds. The number of hydrogen-bond acceptors (Lipinski definition) is 8. The number of rotatable bonds is 8. The first-order valence-electron chi connectivity index (χ1n) is 11.5. The van der Waals surface area contributed by atoms with Crippen LogP contribution in [-0.2, 0) is 4.74 Å². The van der Waals surface area contributed by atoms with Gasteiger partial charge in [0.1, 0.15) is 18.2 Å². The van der Waals surface area contributed by atoms with Crippen molar-refractivity contribution < 1.29 is 19.0 Å². The van der Waals surface area contributed by atoms with E-state index in [1.807, 2.05) is 12.1 Å². The Balaban J connectivity index is 1.42. The Morgan fingerprint density at radius 1 is 1.06 bits per heavy atom. The van der Waals surface area contributed by atoms with Gasteiger partial charge in [0.05, 0.1) is 20.3 Å². The van der Waals surface area contributed by atoms with E-state index < -0.39 is 6.03 Å². The summed E-state index contributed by atoms with van der Waals surface area (Å²) < 4.78 is 16.6. The molecule has 0 bridgehead atoms. The third-order valence-electron chi connectivity index (χ3n) is 5.66. The monoisotopic (exact) mass is 456 g/mol. The number of urea groups is 1. The standard InChI is InChI=1S/C23H32N6O4/c1-31-19-7-5-6-18(16-19)24-23(30)26-20-17-21(33-15-12-28-10-13-32-14-11-28)27-22(25-20)29-8-3-2-4-9-29/h5-7,16-17H,2-4,8-15H2,1H3,(H2,24,25,26,27,30). The Bertz CT molecular complexity index is 916. The molecule has 2 N–H and O–H groups in total. The first-order chi connectivity index (χ1) is 16.2. The van der Waals surface area contributed by atoms with Crippen molar-refractivity contribution in [3.63, 3.8) is 0 Å². The molecule has 1 aromatic heterocycles. The molecule has 0 radical (unpaired) electrons. The van der Waals surface area contributed by atoms with Crippen LogP contribution >= 0.6 is 0 Å². The minimum atomic E-state index is -0.397. The molecule has 3 heterocycles. The normalized spacial score (nSPS) is 16.8. The predicted molar refractivity (Wildman–Crippen MR) is 126 cm³/mol. The number of hydrogen-bond donors (Lipinski definition) is 2. The van der Waals surface area contributed by atoms with Crippen LogP contribution in [0.1, 0.15) is 19.3 Å². The van der Waals surface area contributed by atoms with Gasteiger partial charge < -0.3 is 24.4 Å². The minimum Gasteiger partial charge on any atom is -0.497 e. The molecule has 0 spiro atoms. The largest absolute Gasteiger partial charge is 0.497 e. The lowest BCUT2D eigenvalue weighted by molar-refractivity contribution is 0.0320. The van der Waals surface area contributed by atoms with Gasteiger partial charge in [0.25, 0.3) is 0 Å². The van der Waals surface area contributed by atoms with E-state index >= 15 is 0 Å². The topological polar surface area (TPSA) is 101 Å². The molecule has 2 saturated heterocycles. The van der Waals surface area contributed by atoms with Crippen LogP contribution in [0.2, 0.25) is 0 Å². The number of aromatic nitrogens is 2. The smallest absolute Gasteiger partial charge is 0.324 e. The zero-order chi connectivity index (χ0) is 22.9. The molecule has 33 heavy (non-hydrogen) atoms. The molecule has 178 valence electrons. The second-order valence-corrected chi connectivity index (χ2v) is 8.05. The van der Waals surface area contributed by atoms with Gasteiger partial charge in [0.2, 0.25) is 11.8 Å². The Labute approximate surface area is 194 Å². The van der Waals surface area contributed by atoms with Crippen LogP contribution in [0, 0.1) is 0 Å². The number of piperidine rings is 1. The number of ether oxygens (including phenoxy) is 3. The lowest BCUT2D eigenvalue weighted by atomic mass is 10.1. The second-order valence-electron chi connectivity index (χ2n) is 8.05. The fourth-order valence-corrected chi connectivity index (χ4v) is 3.87. The Morgan fingerprint density at radius 3 is 2.67 bits per heavy atom. The van der Waals surface area contributed by atoms with Crippen LogP contribution in [0.15, 0.2) is 30.3 Å². The summed E-state index contributed by atoms with van der Waals surface area (Å²) in [6.45, 7) is 6.41. The average Bonchev–Trinajstić information content (AvgIpc) is 2.85. The summed E-state index contributed by atoms with van der Waals surface area (Å²) in [7, 11) is 1.59. The fraction of sp³-hybridized carbons (Fsp3) is 0.522. The van der Waals surface area contributed by atoms with Gasteiger partial charge in [-0.3, -0.25) is 10.2 Å². The highest BCUT2D eigenvalue weighted by Crippen LogP contribution is 2.23. The van der Waals surface area contributed by atoms with Gasteiger partial charge in [-0.15, -0.1) is 0 Å². The zero-order valence-electron chi connectivity index (χ0n) is 19.1. The fourth-order valence-electron chi connectivity index (χ4n) is 3.87. The number of nitrogens with one attached hydrogen (secondary N) is 2. The molecule has 0 unspecified atom stereocenters. The van der Waals surface area contributed by atoms with Crippen LogP contribution < -0.4 is 25.0 Å². The van der Waals surface area contributed by atoms with Crippen molar-refractivity contribution in [2.75, 3.05) is 75.2 Å². The first-order valence-corrected chi connectivity index (χ1v) is 11.5. The van der Waals surface area contributed by atoms with Crippen molar-refractivity contribution in [2.24, 2.45) is 0 Å².